The van der Waals surface area contributed by atoms with Crippen LogP contribution in [-0.4, -0.2) is 17.0 Å². The molecule has 2 heteroatoms. The minimum absolute atomic E-state index is 0.115. The van der Waals surface area contributed by atoms with E-state index >= 15 is 0 Å². The summed E-state index contributed by atoms with van der Waals surface area (Å²) < 4.78 is 0. The van der Waals surface area contributed by atoms with Crippen LogP contribution >= 0.6 is 0 Å². The van der Waals surface area contributed by atoms with Gasteiger partial charge in [0.2, 0.25) is 0 Å². The average Bonchev–Trinajstić information content (AvgIpc) is 2.72. The molecule has 1 N–H and O–H groups in total. The van der Waals surface area contributed by atoms with Crippen LogP contribution < -0.4 is 0 Å². The van der Waals surface area contributed by atoms with E-state index in [1.807, 2.05) is 6.08 Å². The van der Waals surface area contributed by atoms with Crippen LogP contribution in [0.5, 0.6) is 0 Å². The van der Waals surface area contributed by atoms with Crippen molar-refractivity contribution in [3.63, 3.8) is 0 Å². The first kappa shape index (κ1) is 14.9. The standard InChI is InChI=1S/C20H30O2/c1-12-10-17-15-5-4-13-11-14(21)6-8-19(13,2)16(15)7-9-20(17,3)18(12)22/h11-12,15-18,22H,4-10H2,1-3H3/t12-,15-,16+,17+,18-,19+,20+/m1/s1. The third kappa shape index (κ3) is 1.79. The van der Waals surface area contributed by atoms with E-state index in [4.69, 9.17) is 0 Å². The second kappa shape index (κ2) is 4.69. The molecular weight excluding hydrogens is 272 g/mol. The van der Waals surface area contributed by atoms with Gasteiger partial charge in [0.25, 0.3) is 0 Å². The van der Waals surface area contributed by atoms with Gasteiger partial charge in [0.05, 0.1) is 6.10 Å². The summed E-state index contributed by atoms with van der Waals surface area (Å²) in [5.41, 5.74) is 1.85. The van der Waals surface area contributed by atoms with E-state index in [9.17, 15) is 9.90 Å². The zero-order chi connectivity index (χ0) is 15.7. The number of hydrogen-bond donors (Lipinski definition) is 1. The summed E-state index contributed by atoms with van der Waals surface area (Å²) in [6, 6.07) is 0. The molecule has 2 nitrogen and oxygen atoms in total. The number of fused-ring (bicyclic) bond motifs is 5. The number of aliphatic hydroxyl groups is 1. The van der Waals surface area contributed by atoms with Crippen molar-refractivity contribution >= 4 is 5.78 Å². The predicted molar refractivity (Wildman–Crippen MR) is 87.3 cm³/mol. The summed E-state index contributed by atoms with van der Waals surface area (Å²) in [6.45, 7) is 7.01. The Kier molecular flexibility index (Phi) is 3.18. The quantitative estimate of drug-likeness (QED) is 0.730. The van der Waals surface area contributed by atoms with Crippen molar-refractivity contribution in [1.82, 2.24) is 0 Å². The number of ketones is 1. The van der Waals surface area contributed by atoms with Gasteiger partial charge in [0.1, 0.15) is 0 Å². The fourth-order valence-corrected chi connectivity index (χ4v) is 6.90. The fraction of sp³-hybridized carbons (Fsp3) is 0.850. The lowest BCUT2D eigenvalue weighted by molar-refractivity contribution is -0.118. The van der Waals surface area contributed by atoms with Gasteiger partial charge in [-0.25, -0.2) is 0 Å². The minimum Gasteiger partial charge on any atom is -0.392 e. The zero-order valence-electron chi connectivity index (χ0n) is 14.3. The molecule has 0 aliphatic heterocycles. The fourth-order valence-electron chi connectivity index (χ4n) is 6.90. The van der Waals surface area contributed by atoms with Gasteiger partial charge in [-0.2, -0.15) is 0 Å². The molecule has 3 fully saturated rings. The van der Waals surface area contributed by atoms with Gasteiger partial charge >= 0.3 is 0 Å². The Hall–Kier alpha value is -0.630. The molecule has 4 aliphatic rings. The number of hydrogen-bond acceptors (Lipinski definition) is 2. The molecule has 0 amide bonds. The van der Waals surface area contributed by atoms with Gasteiger partial charge in [-0.3, -0.25) is 4.79 Å². The molecule has 0 saturated heterocycles. The average molecular weight is 302 g/mol. The lowest BCUT2D eigenvalue weighted by atomic mass is 9.47. The highest BCUT2D eigenvalue weighted by Crippen LogP contribution is 2.65. The van der Waals surface area contributed by atoms with Crippen LogP contribution in [0.1, 0.15) is 65.7 Å². The molecule has 0 bridgehead atoms. The Balaban J connectivity index is 1.69. The van der Waals surface area contributed by atoms with Gasteiger partial charge in [-0.15, -0.1) is 0 Å². The normalized spacial score (nSPS) is 54.3. The zero-order valence-corrected chi connectivity index (χ0v) is 14.3. The Morgan fingerprint density at radius 1 is 1.14 bits per heavy atom. The molecule has 7 atom stereocenters. The van der Waals surface area contributed by atoms with Crippen LogP contribution in [0, 0.1) is 34.5 Å². The summed E-state index contributed by atoms with van der Waals surface area (Å²) in [5.74, 6) is 2.97. The molecular formula is C20H30O2. The SMILES string of the molecule is C[C@@H]1C[C@H]2[C@@H]3CCC4=CC(=O)CC[C@]4(C)[C@H]3CC[C@]2(C)[C@@H]1O. The van der Waals surface area contributed by atoms with Crippen LogP contribution in [0.25, 0.3) is 0 Å². The first-order chi connectivity index (χ1) is 10.4. The van der Waals surface area contributed by atoms with Gasteiger partial charge in [-0.05, 0) is 79.1 Å². The molecule has 4 aliphatic carbocycles. The molecule has 0 heterocycles. The molecule has 22 heavy (non-hydrogen) atoms. The molecule has 3 saturated carbocycles. The van der Waals surface area contributed by atoms with E-state index in [2.05, 4.69) is 20.8 Å². The van der Waals surface area contributed by atoms with Crippen LogP contribution in [0.15, 0.2) is 11.6 Å². The molecule has 0 radical (unpaired) electrons. The first-order valence-corrected chi connectivity index (χ1v) is 9.28. The molecule has 0 unspecified atom stereocenters. The van der Waals surface area contributed by atoms with E-state index in [1.54, 1.807) is 0 Å². The van der Waals surface area contributed by atoms with Crippen molar-refractivity contribution in [2.24, 2.45) is 34.5 Å². The van der Waals surface area contributed by atoms with Gasteiger partial charge in [0, 0.05) is 6.42 Å². The highest BCUT2D eigenvalue weighted by atomic mass is 16.3. The predicted octanol–water partition coefficient (Wildman–Crippen LogP) is 4.13. The molecule has 4 rings (SSSR count). The summed E-state index contributed by atoms with van der Waals surface area (Å²) in [5, 5.41) is 10.7. The summed E-state index contributed by atoms with van der Waals surface area (Å²) in [7, 11) is 0. The largest absolute Gasteiger partial charge is 0.392 e. The second-order valence-electron chi connectivity index (χ2n) is 9.17. The highest BCUT2D eigenvalue weighted by molar-refractivity contribution is 5.91. The second-order valence-corrected chi connectivity index (χ2v) is 9.17. The van der Waals surface area contributed by atoms with Crippen LogP contribution in [-0.2, 0) is 4.79 Å². The Morgan fingerprint density at radius 3 is 2.68 bits per heavy atom. The topological polar surface area (TPSA) is 37.3 Å². The lowest BCUT2D eigenvalue weighted by Gasteiger charge is -2.57. The smallest absolute Gasteiger partial charge is 0.155 e. The van der Waals surface area contributed by atoms with E-state index in [0.29, 0.717) is 17.6 Å². The van der Waals surface area contributed by atoms with Crippen LogP contribution in [0.3, 0.4) is 0 Å². The number of carbonyl (C=O) groups excluding carboxylic acids is 1. The summed E-state index contributed by atoms with van der Waals surface area (Å²) >= 11 is 0. The number of aliphatic hydroxyl groups excluding tert-OH is 1. The van der Waals surface area contributed by atoms with E-state index < -0.39 is 0 Å². The summed E-state index contributed by atoms with van der Waals surface area (Å²) in [6.07, 6.45) is 9.62. The van der Waals surface area contributed by atoms with E-state index in [1.165, 1.54) is 31.3 Å². The van der Waals surface area contributed by atoms with E-state index in [-0.39, 0.29) is 16.9 Å². The van der Waals surface area contributed by atoms with Crippen molar-refractivity contribution in [3.05, 3.63) is 11.6 Å². The highest BCUT2D eigenvalue weighted by Gasteiger charge is 2.60. The monoisotopic (exact) mass is 302 g/mol. The van der Waals surface area contributed by atoms with Crippen LogP contribution in [0.2, 0.25) is 0 Å². The number of allylic oxidation sites excluding steroid dienone is 1. The lowest BCUT2D eigenvalue weighted by Crippen LogP contribution is -2.51. The Morgan fingerprint density at radius 2 is 1.91 bits per heavy atom. The Bertz CT molecular complexity index is 536. The van der Waals surface area contributed by atoms with Gasteiger partial charge < -0.3 is 5.11 Å². The minimum atomic E-state index is -0.115. The third-order valence-electron chi connectivity index (χ3n) is 8.24. The maximum Gasteiger partial charge on any atom is 0.155 e. The van der Waals surface area contributed by atoms with Crippen LogP contribution in [0.4, 0.5) is 0 Å². The molecule has 0 aromatic heterocycles. The van der Waals surface area contributed by atoms with Gasteiger partial charge in [-0.1, -0.05) is 26.3 Å². The van der Waals surface area contributed by atoms with Crippen molar-refractivity contribution < 1.29 is 9.90 Å². The van der Waals surface area contributed by atoms with Gasteiger partial charge in [0.15, 0.2) is 5.78 Å². The maximum absolute atomic E-state index is 11.8. The van der Waals surface area contributed by atoms with Crippen molar-refractivity contribution in [2.75, 3.05) is 0 Å². The maximum atomic E-state index is 11.8. The molecule has 0 aromatic carbocycles. The number of rotatable bonds is 0. The first-order valence-electron chi connectivity index (χ1n) is 9.28. The molecule has 0 aromatic rings. The summed E-state index contributed by atoms with van der Waals surface area (Å²) in [4.78, 5) is 11.8. The molecule has 0 spiro atoms. The number of carbonyl (C=O) groups is 1. The Labute approximate surface area is 134 Å². The third-order valence-corrected chi connectivity index (χ3v) is 8.24. The van der Waals surface area contributed by atoms with Crippen molar-refractivity contribution in [3.8, 4) is 0 Å². The van der Waals surface area contributed by atoms with E-state index in [0.717, 1.165) is 31.1 Å². The molecule has 122 valence electrons. The van der Waals surface area contributed by atoms with Crippen molar-refractivity contribution in [1.29, 1.82) is 0 Å². The van der Waals surface area contributed by atoms with Crippen molar-refractivity contribution in [2.45, 2.75) is 71.8 Å².